The van der Waals surface area contributed by atoms with Crippen molar-refractivity contribution in [3.8, 4) is 0 Å². The first-order chi connectivity index (χ1) is 13.0. The number of fused-ring (bicyclic) bond motifs is 1. The summed E-state index contributed by atoms with van der Waals surface area (Å²) in [7, 11) is 0. The van der Waals surface area contributed by atoms with E-state index in [1.54, 1.807) is 29.2 Å². The van der Waals surface area contributed by atoms with E-state index in [-0.39, 0.29) is 17.9 Å². The SMILES string of the molecule is CCN(CC)C(=O)c1ccc(C(=O)NC2CCCc3ccc(C)cc32)cc1. The molecule has 27 heavy (non-hydrogen) atoms. The van der Waals surface area contributed by atoms with Gasteiger partial charge in [0.05, 0.1) is 6.04 Å². The molecule has 1 aliphatic rings. The highest BCUT2D eigenvalue weighted by Gasteiger charge is 2.22. The zero-order chi connectivity index (χ0) is 19.4. The minimum Gasteiger partial charge on any atom is -0.345 e. The van der Waals surface area contributed by atoms with Crippen LogP contribution >= 0.6 is 0 Å². The van der Waals surface area contributed by atoms with Gasteiger partial charge in [0.2, 0.25) is 0 Å². The lowest BCUT2D eigenvalue weighted by molar-refractivity contribution is 0.0772. The highest BCUT2D eigenvalue weighted by atomic mass is 16.2. The topological polar surface area (TPSA) is 49.4 Å². The van der Waals surface area contributed by atoms with E-state index in [2.05, 4.69) is 30.4 Å². The van der Waals surface area contributed by atoms with E-state index in [4.69, 9.17) is 0 Å². The molecule has 3 rings (SSSR count). The van der Waals surface area contributed by atoms with Crippen molar-refractivity contribution < 1.29 is 9.59 Å². The molecule has 2 aromatic rings. The summed E-state index contributed by atoms with van der Waals surface area (Å²) in [5.41, 5.74) is 4.99. The molecule has 0 radical (unpaired) electrons. The highest BCUT2D eigenvalue weighted by Crippen LogP contribution is 2.30. The second-order valence-electron chi connectivity index (χ2n) is 7.18. The summed E-state index contributed by atoms with van der Waals surface area (Å²) in [6.45, 7) is 7.37. The average molecular weight is 364 g/mol. The van der Waals surface area contributed by atoms with Crippen LogP contribution < -0.4 is 5.32 Å². The Hall–Kier alpha value is -2.62. The van der Waals surface area contributed by atoms with Gasteiger partial charge in [0.25, 0.3) is 11.8 Å². The Morgan fingerprint density at radius 3 is 2.37 bits per heavy atom. The third kappa shape index (κ3) is 4.21. The van der Waals surface area contributed by atoms with E-state index in [1.807, 2.05) is 13.8 Å². The number of aryl methyl sites for hydroxylation is 2. The minimum absolute atomic E-state index is 0.00337. The van der Waals surface area contributed by atoms with Gasteiger partial charge in [0.15, 0.2) is 0 Å². The van der Waals surface area contributed by atoms with Gasteiger partial charge in [-0.05, 0) is 75.4 Å². The molecule has 0 bridgehead atoms. The Morgan fingerprint density at radius 1 is 1.04 bits per heavy atom. The van der Waals surface area contributed by atoms with Crippen LogP contribution in [0.1, 0.15) is 70.1 Å². The van der Waals surface area contributed by atoms with Gasteiger partial charge in [-0.15, -0.1) is 0 Å². The van der Waals surface area contributed by atoms with Gasteiger partial charge in [-0.25, -0.2) is 0 Å². The fraction of sp³-hybridized carbons (Fsp3) is 0.391. The van der Waals surface area contributed by atoms with Gasteiger partial charge in [-0.2, -0.15) is 0 Å². The lowest BCUT2D eigenvalue weighted by atomic mass is 9.86. The first kappa shape index (κ1) is 19.2. The summed E-state index contributed by atoms with van der Waals surface area (Å²) in [6.07, 6.45) is 3.11. The number of nitrogens with one attached hydrogen (secondary N) is 1. The van der Waals surface area contributed by atoms with Gasteiger partial charge in [0.1, 0.15) is 0 Å². The molecule has 0 saturated heterocycles. The molecule has 0 aliphatic heterocycles. The molecule has 0 spiro atoms. The molecular formula is C23H28N2O2. The molecule has 0 heterocycles. The number of amides is 2. The lowest BCUT2D eigenvalue weighted by Crippen LogP contribution is -2.31. The maximum atomic E-state index is 12.7. The van der Waals surface area contributed by atoms with E-state index in [1.165, 1.54) is 16.7 Å². The highest BCUT2D eigenvalue weighted by molar-refractivity contribution is 5.98. The van der Waals surface area contributed by atoms with Gasteiger partial charge in [-0.1, -0.05) is 23.8 Å². The number of rotatable bonds is 5. The number of carbonyl (C=O) groups excluding carboxylic acids is 2. The summed E-state index contributed by atoms with van der Waals surface area (Å²) in [5, 5.41) is 3.18. The molecule has 142 valence electrons. The van der Waals surface area contributed by atoms with Crippen molar-refractivity contribution in [2.24, 2.45) is 0 Å². The zero-order valence-electron chi connectivity index (χ0n) is 16.4. The van der Waals surface area contributed by atoms with Crippen molar-refractivity contribution in [2.45, 2.75) is 46.1 Å². The van der Waals surface area contributed by atoms with Crippen LogP contribution in [-0.4, -0.2) is 29.8 Å². The van der Waals surface area contributed by atoms with E-state index >= 15 is 0 Å². The Balaban J connectivity index is 1.73. The number of hydrogen-bond acceptors (Lipinski definition) is 2. The molecule has 0 saturated carbocycles. The predicted octanol–water partition coefficient (Wildman–Crippen LogP) is 4.28. The maximum Gasteiger partial charge on any atom is 0.253 e. The van der Waals surface area contributed by atoms with Crippen LogP contribution in [0.4, 0.5) is 0 Å². The van der Waals surface area contributed by atoms with Crippen LogP contribution in [0.25, 0.3) is 0 Å². The van der Waals surface area contributed by atoms with Gasteiger partial charge in [0, 0.05) is 24.2 Å². The first-order valence-electron chi connectivity index (χ1n) is 9.83. The van der Waals surface area contributed by atoms with Crippen molar-refractivity contribution in [1.82, 2.24) is 10.2 Å². The molecular weight excluding hydrogens is 336 g/mol. The first-order valence-corrected chi connectivity index (χ1v) is 9.83. The smallest absolute Gasteiger partial charge is 0.253 e. The molecule has 0 fully saturated rings. The predicted molar refractivity (Wildman–Crippen MR) is 108 cm³/mol. The second-order valence-corrected chi connectivity index (χ2v) is 7.18. The summed E-state index contributed by atoms with van der Waals surface area (Å²) < 4.78 is 0. The number of hydrogen-bond donors (Lipinski definition) is 1. The van der Waals surface area contributed by atoms with Crippen LogP contribution in [0.15, 0.2) is 42.5 Å². The summed E-state index contributed by atoms with van der Waals surface area (Å²) in [4.78, 5) is 26.9. The molecule has 4 nitrogen and oxygen atoms in total. The van der Waals surface area contributed by atoms with Gasteiger partial charge < -0.3 is 10.2 Å². The zero-order valence-corrected chi connectivity index (χ0v) is 16.4. The molecule has 2 aromatic carbocycles. The van der Waals surface area contributed by atoms with Crippen molar-refractivity contribution in [3.63, 3.8) is 0 Å². The summed E-state index contributed by atoms with van der Waals surface area (Å²) in [5.74, 6) is -0.0835. The molecule has 1 N–H and O–H groups in total. The number of carbonyl (C=O) groups is 2. The Labute approximate surface area is 161 Å². The molecule has 2 amide bonds. The minimum atomic E-state index is -0.0869. The third-order valence-corrected chi connectivity index (χ3v) is 5.37. The fourth-order valence-corrected chi connectivity index (χ4v) is 3.77. The Bertz CT molecular complexity index is 823. The van der Waals surface area contributed by atoms with Crippen molar-refractivity contribution in [2.75, 3.05) is 13.1 Å². The Kier molecular flexibility index (Phi) is 5.94. The molecule has 4 heteroatoms. The van der Waals surface area contributed by atoms with Crippen LogP contribution in [0.5, 0.6) is 0 Å². The second kappa shape index (κ2) is 8.38. The largest absolute Gasteiger partial charge is 0.345 e. The standard InChI is InChI=1S/C23H28N2O2/c1-4-25(5-2)23(27)19-13-11-18(12-14-19)22(26)24-21-8-6-7-17-10-9-16(3)15-20(17)21/h9-15,21H,4-8H2,1-3H3,(H,24,26). The molecule has 0 aromatic heterocycles. The van der Waals surface area contributed by atoms with Crippen molar-refractivity contribution in [3.05, 3.63) is 70.3 Å². The monoisotopic (exact) mass is 364 g/mol. The normalized spacial score (nSPS) is 15.7. The molecule has 1 atom stereocenters. The van der Waals surface area contributed by atoms with Crippen LogP contribution in [-0.2, 0) is 6.42 Å². The lowest BCUT2D eigenvalue weighted by Gasteiger charge is -2.27. The van der Waals surface area contributed by atoms with Gasteiger partial charge >= 0.3 is 0 Å². The summed E-state index contributed by atoms with van der Waals surface area (Å²) in [6, 6.07) is 13.5. The van der Waals surface area contributed by atoms with E-state index in [9.17, 15) is 9.59 Å². The molecule has 1 unspecified atom stereocenters. The Morgan fingerprint density at radius 2 is 1.70 bits per heavy atom. The summed E-state index contributed by atoms with van der Waals surface area (Å²) >= 11 is 0. The van der Waals surface area contributed by atoms with E-state index < -0.39 is 0 Å². The van der Waals surface area contributed by atoms with Crippen LogP contribution in [0.3, 0.4) is 0 Å². The van der Waals surface area contributed by atoms with Gasteiger partial charge in [-0.3, -0.25) is 9.59 Å². The third-order valence-electron chi connectivity index (χ3n) is 5.37. The number of nitrogens with zero attached hydrogens (tertiary/aromatic N) is 1. The van der Waals surface area contributed by atoms with E-state index in [0.717, 1.165) is 19.3 Å². The number of benzene rings is 2. The average Bonchev–Trinajstić information content (AvgIpc) is 2.69. The fourth-order valence-electron chi connectivity index (χ4n) is 3.77. The van der Waals surface area contributed by atoms with Crippen molar-refractivity contribution >= 4 is 11.8 Å². The quantitative estimate of drug-likeness (QED) is 0.861. The van der Waals surface area contributed by atoms with E-state index in [0.29, 0.717) is 24.2 Å². The maximum absolute atomic E-state index is 12.7. The van der Waals surface area contributed by atoms with Crippen LogP contribution in [0, 0.1) is 6.92 Å². The van der Waals surface area contributed by atoms with Crippen LogP contribution in [0.2, 0.25) is 0 Å². The van der Waals surface area contributed by atoms with Crippen molar-refractivity contribution in [1.29, 1.82) is 0 Å². The molecule has 1 aliphatic carbocycles.